The van der Waals surface area contributed by atoms with Crippen LogP contribution in [0.2, 0.25) is 0 Å². The maximum absolute atomic E-state index is 13.0. The summed E-state index contributed by atoms with van der Waals surface area (Å²) in [5.74, 6) is -0.652. The Morgan fingerprint density at radius 1 is 0.978 bits per heavy atom. The summed E-state index contributed by atoms with van der Waals surface area (Å²) in [6, 6.07) is 7.26. The van der Waals surface area contributed by atoms with E-state index in [0.29, 0.717) is 23.5 Å². The lowest BCUT2D eigenvalue weighted by atomic mass is 10.1. The number of carbonyl (C=O) groups excluding carboxylic acids is 3. The van der Waals surface area contributed by atoms with Crippen LogP contribution in [0.5, 0.6) is 0 Å². The highest BCUT2D eigenvalue weighted by Gasteiger charge is 2.44. The van der Waals surface area contributed by atoms with Gasteiger partial charge in [-0.1, -0.05) is 30.3 Å². The summed E-state index contributed by atoms with van der Waals surface area (Å²) in [5.41, 5.74) is 0.441. The van der Waals surface area contributed by atoms with Gasteiger partial charge >= 0.3 is 12.1 Å². The lowest BCUT2D eigenvalue weighted by Crippen LogP contribution is -2.47. The smallest absolute Gasteiger partial charge is 0.408 e. The number of anilines is 1. The van der Waals surface area contributed by atoms with E-state index in [4.69, 9.17) is 9.47 Å². The number of nitrogens with one attached hydrogen (secondary N) is 3. The maximum atomic E-state index is 13.0. The van der Waals surface area contributed by atoms with Crippen molar-refractivity contribution in [1.82, 2.24) is 30.2 Å². The predicted octanol–water partition coefficient (Wildman–Crippen LogP) is 2.60. The standard InChI is InChI=1S/C31H43N7O7/c1-30(2,3)44-28(42)19(37-29(43)45-31(4,5)6)12-13-22(39)36-20-14-21(25(41)24(20)40)38-17-35-23-26(33-16-34-27(23)38)32-15-18-10-8-7-9-11-18/h7-11,16-17,19-21,24-25,40-41H,12-15H2,1-6H3,(H,36,39)(H,37,43)(H,32,33,34)/t19-,20-,21+,24-,25+/m0/s1. The molecular weight excluding hydrogens is 582 g/mol. The Morgan fingerprint density at radius 2 is 1.67 bits per heavy atom. The van der Waals surface area contributed by atoms with Crippen molar-refractivity contribution in [3.8, 4) is 0 Å². The Bertz CT molecular complexity index is 1480. The van der Waals surface area contributed by atoms with Gasteiger partial charge in [-0.15, -0.1) is 0 Å². The first-order chi connectivity index (χ1) is 21.1. The number of alkyl carbamates (subject to hydrolysis) is 1. The zero-order valence-electron chi connectivity index (χ0n) is 26.5. The van der Waals surface area contributed by atoms with Crippen molar-refractivity contribution in [3.63, 3.8) is 0 Å². The van der Waals surface area contributed by atoms with E-state index in [9.17, 15) is 24.6 Å². The fourth-order valence-electron chi connectivity index (χ4n) is 5.06. The number of ether oxygens (including phenoxy) is 2. The van der Waals surface area contributed by atoms with Crippen LogP contribution in [0.1, 0.15) is 72.4 Å². The lowest BCUT2D eigenvalue weighted by Gasteiger charge is -2.26. The SMILES string of the molecule is CC(C)(C)OC(=O)N[C@@H](CCC(=O)N[C@H]1C[C@@H](n2cnc3c(NCc4ccccc4)ncnc32)[C@@H](O)[C@H]1O)C(=O)OC(C)(C)C. The minimum absolute atomic E-state index is 0.0728. The molecule has 0 saturated heterocycles. The Kier molecular flexibility index (Phi) is 10.3. The number of benzene rings is 1. The van der Waals surface area contributed by atoms with Gasteiger partial charge in [-0.2, -0.15) is 0 Å². The second kappa shape index (κ2) is 13.8. The minimum Gasteiger partial charge on any atom is -0.458 e. The van der Waals surface area contributed by atoms with Crippen molar-refractivity contribution in [2.75, 3.05) is 5.32 Å². The molecule has 5 N–H and O–H groups in total. The molecule has 0 aliphatic heterocycles. The van der Waals surface area contributed by atoms with Crippen molar-refractivity contribution in [1.29, 1.82) is 0 Å². The van der Waals surface area contributed by atoms with Crippen LogP contribution >= 0.6 is 0 Å². The van der Waals surface area contributed by atoms with Gasteiger partial charge in [0.2, 0.25) is 5.91 Å². The molecule has 5 atom stereocenters. The van der Waals surface area contributed by atoms with E-state index in [0.717, 1.165) is 5.56 Å². The van der Waals surface area contributed by atoms with Gasteiger partial charge in [0, 0.05) is 13.0 Å². The van der Waals surface area contributed by atoms with E-state index in [1.807, 2.05) is 30.3 Å². The molecule has 0 unspecified atom stereocenters. The summed E-state index contributed by atoms with van der Waals surface area (Å²) in [6.07, 6.45) is -0.407. The summed E-state index contributed by atoms with van der Waals surface area (Å²) >= 11 is 0. The van der Waals surface area contributed by atoms with Crippen LogP contribution in [0.4, 0.5) is 10.6 Å². The van der Waals surface area contributed by atoms with Crippen LogP contribution in [0.25, 0.3) is 11.2 Å². The van der Waals surface area contributed by atoms with Gasteiger partial charge in [-0.25, -0.2) is 24.5 Å². The number of aliphatic hydroxyl groups excluding tert-OH is 2. The first-order valence-electron chi connectivity index (χ1n) is 14.9. The van der Waals surface area contributed by atoms with Gasteiger partial charge in [0.05, 0.1) is 18.4 Å². The largest absolute Gasteiger partial charge is 0.458 e. The normalized spacial score (nSPS) is 20.8. The van der Waals surface area contributed by atoms with Crippen LogP contribution in [-0.4, -0.2) is 83.2 Å². The quantitative estimate of drug-likeness (QED) is 0.208. The first kappa shape index (κ1) is 33.6. The lowest BCUT2D eigenvalue weighted by molar-refractivity contribution is -0.157. The molecule has 14 heteroatoms. The summed E-state index contributed by atoms with van der Waals surface area (Å²) in [7, 11) is 0. The van der Waals surface area contributed by atoms with Gasteiger partial charge in [0.1, 0.15) is 41.3 Å². The van der Waals surface area contributed by atoms with E-state index in [1.165, 1.54) is 12.7 Å². The Labute approximate surface area is 261 Å². The molecule has 3 aromatic rings. The van der Waals surface area contributed by atoms with Crippen molar-refractivity contribution in [2.24, 2.45) is 0 Å². The third-order valence-electron chi connectivity index (χ3n) is 7.06. The maximum Gasteiger partial charge on any atom is 0.408 e. The zero-order valence-corrected chi connectivity index (χ0v) is 26.5. The van der Waals surface area contributed by atoms with E-state index in [-0.39, 0.29) is 19.3 Å². The van der Waals surface area contributed by atoms with E-state index >= 15 is 0 Å². The molecule has 1 saturated carbocycles. The summed E-state index contributed by atoms with van der Waals surface area (Å²) in [6.45, 7) is 10.7. The predicted molar refractivity (Wildman–Crippen MR) is 165 cm³/mol. The number of aromatic nitrogens is 4. The van der Waals surface area contributed by atoms with Gasteiger partial charge in [-0.05, 0) is 59.9 Å². The molecule has 1 aliphatic rings. The molecule has 1 fully saturated rings. The number of hydrogen-bond donors (Lipinski definition) is 5. The minimum atomic E-state index is -1.27. The number of nitrogens with zero attached hydrogens (tertiary/aromatic N) is 4. The van der Waals surface area contributed by atoms with Crippen molar-refractivity contribution in [3.05, 3.63) is 48.5 Å². The molecule has 0 bridgehead atoms. The number of rotatable bonds is 10. The zero-order chi connectivity index (χ0) is 32.9. The topological polar surface area (TPSA) is 190 Å². The van der Waals surface area contributed by atoms with Crippen molar-refractivity contribution >= 4 is 35.0 Å². The van der Waals surface area contributed by atoms with Gasteiger partial charge in [0.15, 0.2) is 11.5 Å². The molecule has 0 radical (unpaired) electrons. The fourth-order valence-corrected chi connectivity index (χ4v) is 5.06. The molecule has 2 heterocycles. The van der Waals surface area contributed by atoms with Crippen molar-refractivity contribution < 1.29 is 34.1 Å². The molecule has 2 amide bonds. The molecule has 1 aromatic carbocycles. The average molecular weight is 626 g/mol. The van der Waals surface area contributed by atoms with Crippen LogP contribution < -0.4 is 16.0 Å². The van der Waals surface area contributed by atoms with Crippen LogP contribution in [0, 0.1) is 0 Å². The molecule has 45 heavy (non-hydrogen) atoms. The fraction of sp³-hybridized carbons (Fsp3) is 0.548. The molecule has 4 rings (SSSR count). The molecule has 0 spiro atoms. The number of aliphatic hydroxyl groups is 2. The second-order valence-corrected chi connectivity index (χ2v) is 13.1. The Hall–Kier alpha value is -4.30. The van der Waals surface area contributed by atoms with Gasteiger partial charge in [0.25, 0.3) is 0 Å². The second-order valence-electron chi connectivity index (χ2n) is 13.1. The first-order valence-corrected chi connectivity index (χ1v) is 14.9. The number of hydrogen-bond acceptors (Lipinski definition) is 11. The van der Waals surface area contributed by atoms with E-state index in [2.05, 4.69) is 30.9 Å². The van der Waals surface area contributed by atoms with Crippen LogP contribution in [-0.2, 0) is 25.6 Å². The van der Waals surface area contributed by atoms with Crippen LogP contribution in [0.3, 0.4) is 0 Å². The summed E-state index contributed by atoms with van der Waals surface area (Å²) in [5, 5.41) is 30.3. The third kappa shape index (κ3) is 9.11. The summed E-state index contributed by atoms with van der Waals surface area (Å²) < 4.78 is 12.4. The molecule has 1 aliphatic carbocycles. The number of amides is 2. The molecule has 2 aromatic heterocycles. The van der Waals surface area contributed by atoms with Gasteiger partial charge in [-0.3, -0.25) is 4.79 Å². The highest BCUT2D eigenvalue weighted by Crippen LogP contribution is 2.34. The monoisotopic (exact) mass is 625 g/mol. The third-order valence-corrected chi connectivity index (χ3v) is 7.06. The highest BCUT2D eigenvalue weighted by atomic mass is 16.6. The highest BCUT2D eigenvalue weighted by molar-refractivity contribution is 5.84. The molecule has 14 nitrogen and oxygen atoms in total. The van der Waals surface area contributed by atoms with E-state index in [1.54, 1.807) is 46.1 Å². The average Bonchev–Trinajstić information content (AvgIpc) is 3.49. The number of carbonyl (C=O) groups is 3. The Morgan fingerprint density at radius 3 is 2.33 bits per heavy atom. The number of fused-ring (bicyclic) bond motifs is 1. The Balaban J connectivity index is 1.39. The number of imidazole rings is 1. The molecule has 244 valence electrons. The number of esters is 1. The van der Waals surface area contributed by atoms with E-state index < -0.39 is 59.5 Å². The summed E-state index contributed by atoms with van der Waals surface area (Å²) in [4.78, 5) is 51.3. The van der Waals surface area contributed by atoms with Crippen molar-refractivity contribution in [2.45, 2.75) is 109 Å². The van der Waals surface area contributed by atoms with Gasteiger partial charge < -0.3 is 40.2 Å². The molecular formula is C31H43N7O7. The van der Waals surface area contributed by atoms with Crippen LogP contribution in [0.15, 0.2) is 43.0 Å².